The first-order valence-corrected chi connectivity index (χ1v) is 3.70. The Morgan fingerprint density at radius 1 is 1.58 bits per heavy atom. The summed E-state index contributed by atoms with van der Waals surface area (Å²) in [6.07, 6.45) is 1.61. The quantitative estimate of drug-likeness (QED) is 0.504. The van der Waals surface area contributed by atoms with E-state index in [2.05, 4.69) is 13.2 Å². The van der Waals surface area contributed by atoms with Crippen molar-refractivity contribution < 1.29 is 9.15 Å². The molecule has 64 valence electrons. The third kappa shape index (κ3) is 2.31. The summed E-state index contributed by atoms with van der Waals surface area (Å²) in [7, 11) is 0. The van der Waals surface area contributed by atoms with E-state index in [9.17, 15) is 0 Å². The third-order valence-electron chi connectivity index (χ3n) is 1.44. The highest BCUT2D eigenvalue weighted by atomic mass is 16.5. The molecule has 0 fully saturated rings. The molecule has 0 aromatic carbocycles. The molecule has 0 bridgehead atoms. The van der Waals surface area contributed by atoms with Crippen LogP contribution in [0, 0.1) is 0 Å². The van der Waals surface area contributed by atoms with Crippen LogP contribution in [0.3, 0.4) is 0 Å². The van der Waals surface area contributed by atoms with Crippen LogP contribution < -0.4 is 0 Å². The molecule has 0 aliphatic rings. The summed E-state index contributed by atoms with van der Waals surface area (Å²) < 4.78 is 10.3. The maximum atomic E-state index is 5.26. The van der Waals surface area contributed by atoms with Crippen LogP contribution in [0.15, 0.2) is 47.3 Å². The van der Waals surface area contributed by atoms with Crippen LogP contribution in [0.1, 0.15) is 12.7 Å². The van der Waals surface area contributed by atoms with E-state index in [4.69, 9.17) is 9.15 Å². The number of rotatable bonds is 4. The molecule has 1 rings (SSSR count). The minimum Gasteiger partial charge on any atom is -0.486 e. The summed E-state index contributed by atoms with van der Waals surface area (Å²) in [5.74, 6) is 1.39. The fraction of sp³-hybridized carbons (Fsp3) is 0.200. The number of hydrogen-bond donors (Lipinski definition) is 0. The Bertz CT molecular complexity index is 270. The smallest absolute Gasteiger partial charge is 0.146 e. The number of hydrogen-bond acceptors (Lipinski definition) is 2. The SMILES string of the molecule is C=C(C)C(=C)OCc1ccco1. The highest BCUT2D eigenvalue weighted by Crippen LogP contribution is 2.09. The van der Waals surface area contributed by atoms with Crippen molar-refractivity contribution in [2.45, 2.75) is 13.5 Å². The van der Waals surface area contributed by atoms with Gasteiger partial charge in [0.05, 0.1) is 6.26 Å². The van der Waals surface area contributed by atoms with Gasteiger partial charge >= 0.3 is 0 Å². The molecule has 1 heterocycles. The second-order valence-corrected chi connectivity index (χ2v) is 2.57. The molecule has 0 saturated carbocycles. The molecule has 0 saturated heterocycles. The topological polar surface area (TPSA) is 22.4 Å². The lowest BCUT2D eigenvalue weighted by Crippen LogP contribution is -1.91. The monoisotopic (exact) mass is 164 g/mol. The molecule has 1 aromatic rings. The van der Waals surface area contributed by atoms with E-state index in [0.29, 0.717) is 12.4 Å². The Morgan fingerprint density at radius 3 is 2.83 bits per heavy atom. The summed E-state index contributed by atoms with van der Waals surface area (Å²) in [5.41, 5.74) is 0.835. The minimum absolute atomic E-state index is 0.415. The summed E-state index contributed by atoms with van der Waals surface area (Å²) in [4.78, 5) is 0. The van der Waals surface area contributed by atoms with Gasteiger partial charge < -0.3 is 9.15 Å². The Labute approximate surface area is 72.1 Å². The molecule has 0 spiro atoms. The van der Waals surface area contributed by atoms with Gasteiger partial charge in [0.25, 0.3) is 0 Å². The third-order valence-corrected chi connectivity index (χ3v) is 1.44. The van der Waals surface area contributed by atoms with Crippen molar-refractivity contribution in [2.75, 3.05) is 0 Å². The zero-order valence-electron chi connectivity index (χ0n) is 7.17. The van der Waals surface area contributed by atoms with Gasteiger partial charge in [0, 0.05) is 0 Å². The van der Waals surface area contributed by atoms with Gasteiger partial charge in [0.1, 0.15) is 18.1 Å². The van der Waals surface area contributed by atoms with Gasteiger partial charge in [-0.25, -0.2) is 0 Å². The molecule has 1 aromatic heterocycles. The summed E-state index contributed by atoms with van der Waals surface area (Å²) in [6, 6.07) is 3.67. The van der Waals surface area contributed by atoms with Gasteiger partial charge in [0.15, 0.2) is 0 Å². The highest BCUT2D eigenvalue weighted by Gasteiger charge is 1.98. The van der Waals surface area contributed by atoms with Gasteiger partial charge in [-0.3, -0.25) is 0 Å². The van der Waals surface area contributed by atoms with Crippen molar-refractivity contribution in [2.24, 2.45) is 0 Å². The van der Waals surface area contributed by atoms with E-state index in [1.807, 2.05) is 19.1 Å². The lowest BCUT2D eigenvalue weighted by Gasteiger charge is -2.05. The molecule has 2 nitrogen and oxygen atoms in total. The number of allylic oxidation sites excluding steroid dienone is 1. The first-order valence-electron chi connectivity index (χ1n) is 3.70. The predicted octanol–water partition coefficient (Wildman–Crippen LogP) is 2.89. The predicted molar refractivity (Wildman–Crippen MR) is 47.5 cm³/mol. The Morgan fingerprint density at radius 2 is 2.33 bits per heavy atom. The normalized spacial score (nSPS) is 9.42. The van der Waals surface area contributed by atoms with E-state index in [1.165, 1.54) is 0 Å². The van der Waals surface area contributed by atoms with E-state index in [1.54, 1.807) is 6.26 Å². The molecule has 2 heteroatoms. The average molecular weight is 164 g/mol. The Balaban J connectivity index is 2.37. The fourth-order valence-corrected chi connectivity index (χ4v) is 0.676. The Hall–Kier alpha value is -1.44. The van der Waals surface area contributed by atoms with Gasteiger partial charge in [0.2, 0.25) is 0 Å². The number of furan rings is 1. The first kappa shape index (κ1) is 8.65. The van der Waals surface area contributed by atoms with E-state index < -0.39 is 0 Å². The largest absolute Gasteiger partial charge is 0.486 e. The standard InChI is InChI=1S/C10H12O2/c1-8(2)9(3)12-7-10-5-4-6-11-10/h4-6H,1,3,7H2,2H3. The maximum Gasteiger partial charge on any atom is 0.146 e. The first-order chi connectivity index (χ1) is 5.70. The molecule has 12 heavy (non-hydrogen) atoms. The Kier molecular flexibility index (Phi) is 2.75. The highest BCUT2D eigenvalue weighted by molar-refractivity contribution is 5.16. The molecular formula is C10H12O2. The van der Waals surface area contributed by atoms with Crippen LogP contribution in [0.5, 0.6) is 0 Å². The maximum absolute atomic E-state index is 5.26. The second kappa shape index (κ2) is 3.81. The molecular weight excluding hydrogens is 152 g/mol. The molecule has 0 atom stereocenters. The van der Waals surface area contributed by atoms with E-state index in [-0.39, 0.29) is 0 Å². The fourth-order valence-electron chi connectivity index (χ4n) is 0.676. The van der Waals surface area contributed by atoms with Crippen LogP contribution in [-0.4, -0.2) is 0 Å². The zero-order valence-corrected chi connectivity index (χ0v) is 7.17. The average Bonchev–Trinajstić information content (AvgIpc) is 2.51. The summed E-state index contributed by atoms with van der Waals surface area (Å²) in [5, 5.41) is 0. The lowest BCUT2D eigenvalue weighted by molar-refractivity contribution is 0.185. The lowest BCUT2D eigenvalue weighted by atomic mass is 10.3. The van der Waals surface area contributed by atoms with Gasteiger partial charge in [-0.2, -0.15) is 0 Å². The van der Waals surface area contributed by atoms with Crippen molar-refractivity contribution >= 4 is 0 Å². The minimum atomic E-state index is 0.415. The molecule has 0 N–H and O–H groups in total. The van der Waals surface area contributed by atoms with Crippen LogP contribution in [0.4, 0.5) is 0 Å². The van der Waals surface area contributed by atoms with Crippen LogP contribution in [0.25, 0.3) is 0 Å². The summed E-state index contributed by atoms with van der Waals surface area (Å²) >= 11 is 0. The van der Waals surface area contributed by atoms with Crippen LogP contribution in [-0.2, 0) is 11.3 Å². The van der Waals surface area contributed by atoms with E-state index in [0.717, 1.165) is 11.3 Å². The van der Waals surface area contributed by atoms with Crippen molar-refractivity contribution in [3.63, 3.8) is 0 Å². The second-order valence-electron chi connectivity index (χ2n) is 2.57. The van der Waals surface area contributed by atoms with Crippen molar-refractivity contribution in [3.05, 3.63) is 48.6 Å². The zero-order chi connectivity index (χ0) is 8.97. The van der Waals surface area contributed by atoms with E-state index >= 15 is 0 Å². The van der Waals surface area contributed by atoms with Crippen molar-refractivity contribution in [3.8, 4) is 0 Å². The molecule has 0 aliphatic heterocycles. The van der Waals surface area contributed by atoms with Gasteiger partial charge in [-0.15, -0.1) is 0 Å². The summed E-state index contributed by atoms with van der Waals surface area (Å²) in [6.45, 7) is 9.66. The molecule has 0 unspecified atom stereocenters. The van der Waals surface area contributed by atoms with Gasteiger partial charge in [-0.1, -0.05) is 13.2 Å². The molecule has 0 radical (unpaired) electrons. The van der Waals surface area contributed by atoms with Crippen LogP contribution >= 0.6 is 0 Å². The molecule has 0 aliphatic carbocycles. The number of ether oxygens (including phenoxy) is 1. The van der Waals surface area contributed by atoms with Crippen molar-refractivity contribution in [1.29, 1.82) is 0 Å². The van der Waals surface area contributed by atoms with Crippen molar-refractivity contribution in [1.82, 2.24) is 0 Å². The molecule has 0 amide bonds. The van der Waals surface area contributed by atoms with Gasteiger partial charge in [-0.05, 0) is 24.6 Å². The van der Waals surface area contributed by atoms with Crippen LogP contribution in [0.2, 0.25) is 0 Å².